The van der Waals surface area contributed by atoms with Crippen molar-refractivity contribution in [1.82, 2.24) is 10.2 Å². The molecule has 4 rings (SSSR count). The predicted molar refractivity (Wildman–Crippen MR) is 119 cm³/mol. The Morgan fingerprint density at radius 2 is 1.94 bits per heavy atom. The van der Waals surface area contributed by atoms with Crippen LogP contribution >= 0.6 is 0 Å². The lowest BCUT2D eigenvalue weighted by Gasteiger charge is -2.42. The van der Waals surface area contributed by atoms with Crippen molar-refractivity contribution in [2.45, 2.75) is 37.9 Å². The zero-order valence-electron chi connectivity index (χ0n) is 18.2. The largest absolute Gasteiger partial charge is 0.368 e. The Labute approximate surface area is 183 Å². The monoisotopic (exact) mass is 422 g/mol. The third-order valence-corrected chi connectivity index (χ3v) is 6.15. The third-order valence-electron chi connectivity index (χ3n) is 6.15. The summed E-state index contributed by atoms with van der Waals surface area (Å²) < 4.78 is 11.7. The van der Waals surface area contributed by atoms with Gasteiger partial charge < -0.3 is 19.7 Å². The van der Waals surface area contributed by atoms with Crippen molar-refractivity contribution < 1.29 is 19.1 Å². The molecule has 2 aliphatic rings. The van der Waals surface area contributed by atoms with E-state index in [1.165, 1.54) is 5.56 Å². The van der Waals surface area contributed by atoms with Gasteiger partial charge in [0.05, 0.1) is 13.2 Å². The number of carbonyl (C=O) groups excluding carboxylic acids is 2. The van der Waals surface area contributed by atoms with Gasteiger partial charge in [0.1, 0.15) is 6.10 Å². The highest BCUT2D eigenvalue weighted by Gasteiger charge is 2.45. The van der Waals surface area contributed by atoms with Gasteiger partial charge >= 0.3 is 0 Å². The van der Waals surface area contributed by atoms with Gasteiger partial charge in [-0.2, -0.15) is 0 Å². The van der Waals surface area contributed by atoms with Crippen molar-refractivity contribution in [2.75, 3.05) is 33.4 Å². The second-order valence-electron chi connectivity index (χ2n) is 8.43. The molecule has 31 heavy (non-hydrogen) atoms. The van der Waals surface area contributed by atoms with Crippen LogP contribution in [0, 0.1) is 6.92 Å². The molecule has 6 heteroatoms. The van der Waals surface area contributed by atoms with Gasteiger partial charge in [-0.25, -0.2) is 0 Å². The Bertz CT molecular complexity index is 937. The first-order chi connectivity index (χ1) is 15.0. The molecule has 2 amide bonds. The second kappa shape index (κ2) is 9.20. The maximum Gasteiger partial charge on any atom is 0.254 e. The van der Waals surface area contributed by atoms with Crippen LogP contribution < -0.4 is 5.32 Å². The highest BCUT2D eigenvalue weighted by molar-refractivity contribution is 5.88. The highest BCUT2D eigenvalue weighted by atomic mass is 16.5. The maximum absolute atomic E-state index is 13.0. The van der Waals surface area contributed by atoms with Gasteiger partial charge in [0, 0.05) is 26.6 Å². The van der Waals surface area contributed by atoms with E-state index < -0.39 is 11.7 Å². The van der Waals surface area contributed by atoms with Crippen molar-refractivity contribution in [3.63, 3.8) is 0 Å². The number of hydrogen-bond donors (Lipinski definition) is 1. The predicted octanol–water partition coefficient (Wildman–Crippen LogP) is 2.73. The number of aryl methyl sites for hydroxylation is 1. The summed E-state index contributed by atoms with van der Waals surface area (Å²) in [7, 11) is 1.61. The van der Waals surface area contributed by atoms with Crippen LogP contribution in [0.3, 0.4) is 0 Å². The van der Waals surface area contributed by atoms with Gasteiger partial charge in [0.2, 0.25) is 0 Å². The zero-order chi connectivity index (χ0) is 21.8. The first-order valence-corrected chi connectivity index (χ1v) is 10.9. The van der Waals surface area contributed by atoms with Crippen LogP contribution in [0.1, 0.15) is 24.0 Å². The van der Waals surface area contributed by atoms with E-state index in [2.05, 4.69) is 48.6 Å². The van der Waals surface area contributed by atoms with Crippen molar-refractivity contribution in [3.8, 4) is 11.1 Å². The zero-order valence-corrected chi connectivity index (χ0v) is 18.2. The van der Waals surface area contributed by atoms with E-state index in [1.54, 1.807) is 11.9 Å². The minimum atomic E-state index is -1.12. The minimum Gasteiger partial charge on any atom is -0.368 e. The molecule has 0 saturated carbocycles. The first kappa shape index (κ1) is 21.5. The number of ether oxygens (including phenoxy) is 2. The molecule has 0 aliphatic carbocycles. The molecule has 2 aromatic carbocycles. The standard InChI is InChI=1S/C25H30N2O4/c1-18-8-10-20(11-9-18)21-6-3-5-19(15-21)16-25(24(29)26-2)17-27(12-14-31-25)23(28)22-7-4-13-30-22/h3,5-6,8-11,15,22H,4,7,12-14,16-17H2,1-2H3,(H,26,29)/t22-,25+/m0/s1. The number of likely N-dealkylation sites (N-methyl/N-ethyl adjacent to an activating group) is 1. The maximum atomic E-state index is 13.0. The average Bonchev–Trinajstić information content (AvgIpc) is 3.34. The molecule has 2 fully saturated rings. The van der Waals surface area contributed by atoms with E-state index in [-0.39, 0.29) is 18.4 Å². The van der Waals surface area contributed by atoms with Gasteiger partial charge in [0.15, 0.2) is 5.60 Å². The van der Waals surface area contributed by atoms with E-state index >= 15 is 0 Å². The molecule has 2 heterocycles. The first-order valence-electron chi connectivity index (χ1n) is 10.9. The molecule has 2 saturated heterocycles. The molecule has 0 unspecified atom stereocenters. The van der Waals surface area contributed by atoms with Crippen molar-refractivity contribution in [2.24, 2.45) is 0 Å². The van der Waals surface area contributed by atoms with Crippen LogP contribution in [0.25, 0.3) is 11.1 Å². The fourth-order valence-electron chi connectivity index (χ4n) is 4.44. The quantitative estimate of drug-likeness (QED) is 0.805. The second-order valence-corrected chi connectivity index (χ2v) is 8.43. The summed E-state index contributed by atoms with van der Waals surface area (Å²) in [6.45, 7) is 3.70. The molecule has 0 aromatic heterocycles. The summed E-state index contributed by atoms with van der Waals surface area (Å²) in [5, 5.41) is 2.74. The lowest BCUT2D eigenvalue weighted by atomic mass is 9.89. The third kappa shape index (κ3) is 4.65. The SMILES string of the molecule is CNC(=O)[C@@]1(Cc2cccc(-c3ccc(C)cc3)c2)CN(C(=O)[C@@H]2CCCO2)CCO1. The van der Waals surface area contributed by atoms with Crippen LogP contribution in [0.5, 0.6) is 0 Å². The topological polar surface area (TPSA) is 67.9 Å². The van der Waals surface area contributed by atoms with E-state index in [4.69, 9.17) is 9.47 Å². The highest BCUT2D eigenvalue weighted by Crippen LogP contribution is 2.28. The summed E-state index contributed by atoms with van der Waals surface area (Å²) in [4.78, 5) is 27.6. The Balaban J connectivity index is 1.58. The lowest BCUT2D eigenvalue weighted by Crippen LogP contribution is -2.62. The number of benzene rings is 2. The van der Waals surface area contributed by atoms with Crippen molar-refractivity contribution in [1.29, 1.82) is 0 Å². The summed E-state index contributed by atoms with van der Waals surface area (Å²) >= 11 is 0. The van der Waals surface area contributed by atoms with Gasteiger partial charge in [-0.1, -0.05) is 54.1 Å². The van der Waals surface area contributed by atoms with Gasteiger partial charge in [-0.05, 0) is 36.5 Å². The van der Waals surface area contributed by atoms with Crippen LogP contribution in [-0.4, -0.2) is 61.8 Å². The molecule has 0 radical (unpaired) electrons. The number of amides is 2. The fraction of sp³-hybridized carbons (Fsp3) is 0.440. The summed E-state index contributed by atoms with van der Waals surface area (Å²) in [5.74, 6) is -0.249. The van der Waals surface area contributed by atoms with Crippen LogP contribution in [0.15, 0.2) is 48.5 Å². The minimum absolute atomic E-state index is 0.0394. The Morgan fingerprint density at radius 3 is 2.65 bits per heavy atom. The molecular formula is C25H30N2O4. The van der Waals surface area contributed by atoms with E-state index in [0.29, 0.717) is 26.2 Å². The van der Waals surface area contributed by atoms with Gasteiger partial charge in [-0.15, -0.1) is 0 Å². The van der Waals surface area contributed by atoms with E-state index in [0.717, 1.165) is 29.5 Å². The number of nitrogens with one attached hydrogen (secondary N) is 1. The van der Waals surface area contributed by atoms with Crippen molar-refractivity contribution in [3.05, 3.63) is 59.7 Å². The molecule has 6 nitrogen and oxygen atoms in total. The number of nitrogens with zero attached hydrogens (tertiary/aromatic N) is 1. The molecule has 2 aromatic rings. The fourth-order valence-corrected chi connectivity index (χ4v) is 4.44. The molecule has 0 bridgehead atoms. The average molecular weight is 423 g/mol. The van der Waals surface area contributed by atoms with Crippen molar-refractivity contribution >= 4 is 11.8 Å². The molecule has 2 atom stereocenters. The molecule has 164 valence electrons. The van der Waals surface area contributed by atoms with Gasteiger partial charge in [0.25, 0.3) is 11.8 Å². The Hall–Kier alpha value is -2.70. The van der Waals surface area contributed by atoms with Crippen LogP contribution in [0.2, 0.25) is 0 Å². The number of hydrogen-bond acceptors (Lipinski definition) is 4. The van der Waals surface area contributed by atoms with Gasteiger partial charge in [-0.3, -0.25) is 9.59 Å². The summed E-state index contributed by atoms with van der Waals surface area (Å²) in [5.41, 5.74) is 3.31. The normalized spacial score (nSPS) is 23.5. The number of carbonyl (C=O) groups is 2. The molecule has 0 spiro atoms. The molecule has 2 aliphatic heterocycles. The smallest absolute Gasteiger partial charge is 0.254 e. The molecular weight excluding hydrogens is 392 g/mol. The lowest BCUT2D eigenvalue weighted by molar-refractivity contribution is -0.169. The summed E-state index contributed by atoms with van der Waals surface area (Å²) in [6, 6.07) is 16.5. The van der Waals surface area contributed by atoms with E-state index in [9.17, 15) is 9.59 Å². The summed E-state index contributed by atoms with van der Waals surface area (Å²) in [6.07, 6.45) is 1.63. The number of morpholine rings is 1. The van der Waals surface area contributed by atoms with Crippen LogP contribution in [-0.2, 0) is 25.5 Å². The molecule has 1 N–H and O–H groups in total. The Kier molecular flexibility index (Phi) is 6.39. The van der Waals surface area contributed by atoms with E-state index in [1.807, 2.05) is 12.1 Å². The van der Waals surface area contributed by atoms with Crippen LogP contribution in [0.4, 0.5) is 0 Å². The number of rotatable bonds is 5. The Morgan fingerprint density at radius 1 is 1.13 bits per heavy atom.